The number of aryl methyl sites for hydroxylation is 1. The van der Waals surface area contributed by atoms with Crippen molar-refractivity contribution in [2.75, 3.05) is 6.54 Å². The number of nitrogens with two attached hydrogens (primary N) is 3. The van der Waals surface area contributed by atoms with Crippen molar-refractivity contribution in [3.63, 3.8) is 0 Å². The summed E-state index contributed by atoms with van der Waals surface area (Å²) in [6.07, 6.45) is 3.01. The van der Waals surface area contributed by atoms with Gasteiger partial charge in [0, 0.05) is 31.8 Å². The van der Waals surface area contributed by atoms with Crippen LogP contribution in [-0.2, 0) is 32.6 Å². The zero-order valence-electron chi connectivity index (χ0n) is 31.2. The van der Waals surface area contributed by atoms with E-state index in [1.807, 2.05) is 81.4 Å². The van der Waals surface area contributed by atoms with Gasteiger partial charge in [0.05, 0.1) is 0 Å². The standard InChI is InChI=1S/C38H54N10O5/c1-6-24(4)31(37(53)45-28(32(39)49)21-25-14-9-7-10-15-25)47-35(51)29(20-23(2)3)46-34(50)27(18-13-19-42-38(40)41)44-36(52)30-22-48(5)33(43-30)26-16-11-8-12-17-26/h7-12,14-17,22-24,27-29,31H,6,13,18-21H2,1-5H3,(H2,39,49)(H,44,52)(H,45,53)(H,46,50)(H,47,51)(H4,40,41,42)/t24-,27-,28-,29-,31-/m0/s1. The highest BCUT2D eigenvalue weighted by atomic mass is 16.2. The first kappa shape index (κ1) is 41.7. The van der Waals surface area contributed by atoms with Crippen molar-refractivity contribution in [1.29, 1.82) is 0 Å². The second-order valence-corrected chi connectivity index (χ2v) is 13.6. The topological polar surface area (TPSA) is 242 Å². The quantitative estimate of drug-likeness (QED) is 0.0509. The number of nitrogens with zero attached hydrogens (tertiary/aromatic N) is 3. The Balaban J connectivity index is 1.81. The molecule has 0 radical (unpaired) electrons. The lowest BCUT2D eigenvalue weighted by Crippen LogP contribution is -2.59. The Labute approximate surface area is 311 Å². The lowest BCUT2D eigenvalue weighted by Gasteiger charge is -2.29. The van der Waals surface area contributed by atoms with Crippen molar-refractivity contribution in [1.82, 2.24) is 30.8 Å². The number of carbonyl (C=O) groups is 5. The molecule has 0 fully saturated rings. The number of amides is 5. The average molecular weight is 731 g/mol. The van der Waals surface area contributed by atoms with E-state index < -0.39 is 53.7 Å². The summed E-state index contributed by atoms with van der Waals surface area (Å²) >= 11 is 0. The Morgan fingerprint density at radius 2 is 1.40 bits per heavy atom. The zero-order chi connectivity index (χ0) is 39.1. The smallest absolute Gasteiger partial charge is 0.272 e. The van der Waals surface area contributed by atoms with Crippen LogP contribution in [-0.4, -0.2) is 75.8 Å². The molecule has 0 aliphatic carbocycles. The predicted molar refractivity (Wildman–Crippen MR) is 204 cm³/mol. The number of nitrogens with one attached hydrogen (secondary N) is 4. The molecule has 0 aliphatic heterocycles. The Morgan fingerprint density at radius 1 is 0.792 bits per heavy atom. The fourth-order valence-corrected chi connectivity index (χ4v) is 5.70. The van der Waals surface area contributed by atoms with E-state index in [9.17, 15) is 24.0 Å². The van der Waals surface area contributed by atoms with Gasteiger partial charge in [-0.3, -0.25) is 29.0 Å². The maximum Gasteiger partial charge on any atom is 0.272 e. The van der Waals surface area contributed by atoms with Gasteiger partial charge < -0.3 is 43.0 Å². The van der Waals surface area contributed by atoms with E-state index in [1.165, 1.54) is 0 Å². The lowest BCUT2D eigenvalue weighted by atomic mass is 9.95. The molecular formula is C38H54N10O5. The van der Waals surface area contributed by atoms with Crippen LogP contribution in [0.25, 0.3) is 11.4 Å². The number of aliphatic imine (C=N–C) groups is 1. The van der Waals surface area contributed by atoms with Crippen LogP contribution in [0.5, 0.6) is 0 Å². The monoisotopic (exact) mass is 730 g/mol. The molecule has 0 aliphatic rings. The molecule has 0 spiro atoms. The molecule has 5 amide bonds. The maximum absolute atomic E-state index is 13.9. The van der Waals surface area contributed by atoms with E-state index in [2.05, 4.69) is 31.2 Å². The molecule has 53 heavy (non-hydrogen) atoms. The molecule has 2 aromatic carbocycles. The van der Waals surface area contributed by atoms with E-state index in [4.69, 9.17) is 17.2 Å². The molecule has 1 aromatic heterocycles. The van der Waals surface area contributed by atoms with E-state index in [0.29, 0.717) is 18.7 Å². The van der Waals surface area contributed by atoms with Crippen LogP contribution in [0.15, 0.2) is 71.9 Å². The Bertz CT molecular complexity index is 1710. The zero-order valence-corrected chi connectivity index (χ0v) is 31.2. The third kappa shape index (κ3) is 13.1. The summed E-state index contributed by atoms with van der Waals surface area (Å²) in [4.78, 5) is 75.7. The molecule has 5 atom stereocenters. The van der Waals surface area contributed by atoms with E-state index >= 15 is 0 Å². The van der Waals surface area contributed by atoms with Crippen LogP contribution in [0.2, 0.25) is 0 Å². The molecule has 10 N–H and O–H groups in total. The summed E-state index contributed by atoms with van der Waals surface area (Å²) in [6, 6.07) is 14.3. The highest BCUT2D eigenvalue weighted by Crippen LogP contribution is 2.18. The van der Waals surface area contributed by atoms with Crippen molar-refractivity contribution >= 4 is 35.5 Å². The summed E-state index contributed by atoms with van der Waals surface area (Å²) in [5.74, 6) is -2.96. The van der Waals surface area contributed by atoms with Gasteiger partial charge in [0.2, 0.25) is 23.6 Å². The average Bonchev–Trinajstić information content (AvgIpc) is 3.52. The van der Waals surface area contributed by atoms with E-state index in [0.717, 1.165) is 11.1 Å². The molecule has 0 saturated carbocycles. The second-order valence-electron chi connectivity index (χ2n) is 13.6. The number of rotatable bonds is 20. The molecule has 15 nitrogen and oxygen atoms in total. The minimum absolute atomic E-state index is 0.0353. The summed E-state index contributed by atoms with van der Waals surface area (Å²) in [5, 5.41) is 11.1. The number of aromatic nitrogens is 2. The van der Waals surface area contributed by atoms with Crippen molar-refractivity contribution in [3.05, 3.63) is 78.1 Å². The summed E-state index contributed by atoms with van der Waals surface area (Å²) in [7, 11) is 1.77. The molecule has 0 bridgehead atoms. The molecule has 3 rings (SSSR count). The molecular weight excluding hydrogens is 676 g/mol. The first-order valence-electron chi connectivity index (χ1n) is 17.9. The normalized spacial score (nSPS) is 13.8. The highest BCUT2D eigenvalue weighted by molar-refractivity contribution is 5.98. The van der Waals surface area contributed by atoms with Crippen molar-refractivity contribution in [2.24, 2.45) is 41.1 Å². The van der Waals surface area contributed by atoms with Crippen LogP contribution >= 0.6 is 0 Å². The summed E-state index contributed by atoms with van der Waals surface area (Å²) in [6.45, 7) is 7.68. The van der Waals surface area contributed by atoms with Crippen LogP contribution < -0.4 is 38.5 Å². The minimum atomic E-state index is -1.08. The van der Waals surface area contributed by atoms with Crippen molar-refractivity contribution in [3.8, 4) is 11.4 Å². The van der Waals surface area contributed by atoms with Crippen molar-refractivity contribution < 1.29 is 24.0 Å². The molecule has 1 heterocycles. The van der Waals surface area contributed by atoms with Gasteiger partial charge in [0.15, 0.2) is 5.96 Å². The van der Waals surface area contributed by atoms with Crippen LogP contribution in [0, 0.1) is 11.8 Å². The number of hydrogen-bond acceptors (Lipinski definition) is 7. The van der Waals surface area contributed by atoms with E-state index in [-0.39, 0.29) is 49.3 Å². The fourth-order valence-electron chi connectivity index (χ4n) is 5.70. The molecule has 3 aromatic rings. The first-order valence-corrected chi connectivity index (χ1v) is 17.9. The van der Waals surface area contributed by atoms with Gasteiger partial charge in [0.25, 0.3) is 5.91 Å². The molecule has 286 valence electrons. The number of imidazole rings is 1. The van der Waals surface area contributed by atoms with Crippen LogP contribution in [0.4, 0.5) is 0 Å². The van der Waals surface area contributed by atoms with Gasteiger partial charge in [0.1, 0.15) is 35.7 Å². The van der Waals surface area contributed by atoms with Gasteiger partial charge in [-0.2, -0.15) is 0 Å². The van der Waals surface area contributed by atoms with Gasteiger partial charge in [-0.25, -0.2) is 4.98 Å². The van der Waals surface area contributed by atoms with Gasteiger partial charge in [-0.15, -0.1) is 0 Å². The molecule has 15 heteroatoms. The van der Waals surface area contributed by atoms with Gasteiger partial charge >= 0.3 is 0 Å². The van der Waals surface area contributed by atoms with E-state index in [1.54, 1.807) is 24.7 Å². The highest BCUT2D eigenvalue weighted by Gasteiger charge is 2.33. The Hall–Kier alpha value is -5.73. The van der Waals surface area contributed by atoms with Gasteiger partial charge in [-0.1, -0.05) is 94.8 Å². The summed E-state index contributed by atoms with van der Waals surface area (Å²) in [5.41, 5.74) is 18.3. The van der Waals surface area contributed by atoms with Crippen LogP contribution in [0.3, 0.4) is 0 Å². The first-order chi connectivity index (χ1) is 25.2. The Morgan fingerprint density at radius 3 is 1.98 bits per heavy atom. The lowest BCUT2D eigenvalue weighted by molar-refractivity contribution is -0.134. The largest absolute Gasteiger partial charge is 0.370 e. The summed E-state index contributed by atoms with van der Waals surface area (Å²) < 4.78 is 1.72. The van der Waals surface area contributed by atoms with Gasteiger partial charge in [-0.05, 0) is 36.7 Å². The number of hydrogen-bond donors (Lipinski definition) is 7. The number of primary amides is 1. The fraction of sp³-hybridized carbons (Fsp3) is 0.447. The maximum atomic E-state index is 13.9. The number of benzene rings is 2. The number of guanidine groups is 1. The predicted octanol–water partition coefficient (Wildman–Crippen LogP) is 1.51. The molecule has 0 saturated heterocycles. The second kappa shape index (κ2) is 20.3. The minimum Gasteiger partial charge on any atom is -0.370 e. The van der Waals surface area contributed by atoms with Crippen LogP contribution in [0.1, 0.15) is 69.4 Å². The van der Waals surface area contributed by atoms with Crippen molar-refractivity contribution in [2.45, 2.75) is 84.0 Å². The third-order valence-corrected chi connectivity index (χ3v) is 8.78. The Kier molecular flexibility index (Phi) is 16.0. The number of carbonyl (C=O) groups excluding carboxylic acids is 5. The molecule has 0 unspecified atom stereocenters. The SMILES string of the molecule is CC[C@H](C)[C@H](NC(=O)[C@H](CC(C)C)NC(=O)[C@H](CCCN=C(N)N)NC(=O)c1cn(C)c(-c2ccccc2)n1)C(=O)N[C@@H](Cc1ccccc1)C(N)=O. The third-order valence-electron chi connectivity index (χ3n) is 8.78.